The zero-order valence-corrected chi connectivity index (χ0v) is 20.8. The van der Waals surface area contributed by atoms with Crippen molar-refractivity contribution < 1.29 is 9.18 Å². The molecule has 1 heterocycles. The molecule has 0 saturated heterocycles. The molecule has 4 aromatic rings. The largest absolute Gasteiger partial charge is 0.307 e. The average molecular weight is 490 g/mol. The maximum atomic E-state index is 13.6. The van der Waals surface area contributed by atoms with E-state index in [1.807, 2.05) is 91.1 Å². The molecule has 0 N–H and O–H groups in total. The van der Waals surface area contributed by atoms with Crippen LogP contribution < -0.4 is 4.90 Å². The second kappa shape index (κ2) is 11.3. The van der Waals surface area contributed by atoms with Crippen LogP contribution in [0.4, 0.5) is 10.1 Å². The van der Waals surface area contributed by atoms with E-state index in [9.17, 15) is 9.18 Å². The Hall–Kier alpha value is -3.49. The lowest BCUT2D eigenvalue weighted by atomic mass is 10.2. The lowest BCUT2D eigenvalue weighted by Gasteiger charge is -2.23. The first-order valence-electron chi connectivity index (χ1n) is 11.3. The molecule has 0 spiro atoms. The van der Waals surface area contributed by atoms with Gasteiger partial charge in [0.2, 0.25) is 5.91 Å². The van der Waals surface area contributed by atoms with Crippen LogP contribution in [-0.4, -0.2) is 45.4 Å². The van der Waals surface area contributed by atoms with Gasteiger partial charge in [0.25, 0.3) is 0 Å². The minimum absolute atomic E-state index is 0.0310. The van der Waals surface area contributed by atoms with Crippen molar-refractivity contribution in [2.45, 2.75) is 24.7 Å². The highest BCUT2D eigenvalue weighted by Crippen LogP contribution is 2.28. The molecule has 4 rings (SSSR count). The zero-order valence-electron chi connectivity index (χ0n) is 20.0. The lowest BCUT2D eigenvalue weighted by molar-refractivity contribution is -0.116. The number of amides is 1. The van der Waals surface area contributed by atoms with Crippen LogP contribution in [0.15, 0.2) is 90.1 Å². The molecule has 1 amide bonds. The second-order valence-electron chi connectivity index (χ2n) is 8.38. The van der Waals surface area contributed by atoms with E-state index < -0.39 is 0 Å². The molecule has 1 atom stereocenters. The van der Waals surface area contributed by atoms with Crippen molar-refractivity contribution >= 4 is 23.4 Å². The van der Waals surface area contributed by atoms with Gasteiger partial charge in [-0.25, -0.2) is 4.39 Å². The van der Waals surface area contributed by atoms with Gasteiger partial charge in [-0.05, 0) is 63.0 Å². The van der Waals surface area contributed by atoms with Gasteiger partial charge in [-0.1, -0.05) is 60.3 Å². The zero-order chi connectivity index (χ0) is 24.8. The molecule has 8 heteroatoms. The molecular formula is C27H28FN5OS. The second-order valence-corrected chi connectivity index (χ2v) is 9.32. The SMILES string of the molecule is C[C@H](c1nnc(SCC(=O)N(Cc2ccccc2)c2ccccc2)n1-c1ccc(F)cc1)N(C)C. The number of aromatic nitrogens is 3. The Balaban J connectivity index is 1.60. The average Bonchev–Trinajstić information content (AvgIpc) is 3.30. The minimum Gasteiger partial charge on any atom is -0.307 e. The summed E-state index contributed by atoms with van der Waals surface area (Å²) in [5, 5.41) is 9.39. The monoisotopic (exact) mass is 489 g/mol. The van der Waals surface area contributed by atoms with Gasteiger partial charge in [-0.2, -0.15) is 0 Å². The van der Waals surface area contributed by atoms with E-state index in [1.165, 1.54) is 23.9 Å². The number of carbonyl (C=O) groups excluding carboxylic acids is 1. The standard InChI is InChI=1S/C27H28FN5OS/c1-20(31(2)3)26-29-30-27(33(26)24-16-14-22(28)15-17-24)35-19-25(34)32(23-12-8-5-9-13-23)18-21-10-6-4-7-11-21/h4-17,20H,18-19H2,1-3H3/t20-/m1/s1. The fourth-order valence-electron chi connectivity index (χ4n) is 3.61. The molecule has 0 saturated carbocycles. The summed E-state index contributed by atoms with van der Waals surface area (Å²) in [6.45, 7) is 2.50. The summed E-state index contributed by atoms with van der Waals surface area (Å²) in [6.07, 6.45) is 0. The fourth-order valence-corrected chi connectivity index (χ4v) is 4.45. The third-order valence-corrected chi connectivity index (χ3v) is 6.68. The van der Waals surface area contributed by atoms with E-state index in [0.717, 1.165) is 22.8 Å². The quantitative estimate of drug-likeness (QED) is 0.297. The first-order chi connectivity index (χ1) is 16.9. The summed E-state index contributed by atoms with van der Waals surface area (Å²) in [4.78, 5) is 17.3. The maximum absolute atomic E-state index is 13.6. The fraction of sp³-hybridized carbons (Fsp3) is 0.222. The molecule has 35 heavy (non-hydrogen) atoms. The molecule has 0 aliphatic carbocycles. The predicted octanol–water partition coefficient (Wildman–Crippen LogP) is 5.35. The molecular weight excluding hydrogens is 461 g/mol. The predicted molar refractivity (Wildman–Crippen MR) is 138 cm³/mol. The number of anilines is 1. The molecule has 6 nitrogen and oxygen atoms in total. The summed E-state index contributed by atoms with van der Waals surface area (Å²) in [5.41, 5.74) is 2.63. The van der Waals surface area contributed by atoms with Crippen LogP contribution in [0.5, 0.6) is 0 Å². The summed E-state index contributed by atoms with van der Waals surface area (Å²) in [6, 6.07) is 25.8. The molecule has 0 aliphatic heterocycles. The van der Waals surface area contributed by atoms with E-state index in [-0.39, 0.29) is 23.5 Å². The van der Waals surface area contributed by atoms with Crippen LogP contribution in [0.3, 0.4) is 0 Å². The molecule has 180 valence electrons. The first-order valence-corrected chi connectivity index (χ1v) is 12.3. The molecule has 0 aliphatic rings. The number of benzene rings is 3. The Kier molecular flexibility index (Phi) is 7.94. The van der Waals surface area contributed by atoms with Gasteiger partial charge in [-0.3, -0.25) is 14.3 Å². The Morgan fingerprint density at radius 2 is 1.57 bits per heavy atom. The van der Waals surface area contributed by atoms with Gasteiger partial charge in [-0.15, -0.1) is 10.2 Å². The summed E-state index contributed by atoms with van der Waals surface area (Å²) >= 11 is 1.32. The van der Waals surface area contributed by atoms with Crippen molar-refractivity contribution in [1.29, 1.82) is 0 Å². The number of hydrogen-bond donors (Lipinski definition) is 0. The molecule has 0 radical (unpaired) electrons. The number of carbonyl (C=O) groups is 1. The van der Waals surface area contributed by atoms with Crippen LogP contribution in [0.1, 0.15) is 24.4 Å². The smallest absolute Gasteiger partial charge is 0.237 e. The number of halogens is 1. The van der Waals surface area contributed by atoms with Crippen molar-refractivity contribution in [3.63, 3.8) is 0 Å². The Morgan fingerprint density at radius 3 is 2.20 bits per heavy atom. The van der Waals surface area contributed by atoms with Gasteiger partial charge in [0.15, 0.2) is 11.0 Å². The van der Waals surface area contributed by atoms with Crippen molar-refractivity contribution in [2.75, 3.05) is 24.7 Å². The molecule has 1 aromatic heterocycles. The first kappa shape index (κ1) is 24.6. The highest BCUT2D eigenvalue weighted by molar-refractivity contribution is 7.99. The van der Waals surface area contributed by atoms with Crippen LogP contribution >= 0.6 is 11.8 Å². The van der Waals surface area contributed by atoms with Crippen LogP contribution in [0, 0.1) is 5.82 Å². The van der Waals surface area contributed by atoms with Gasteiger partial charge in [0.1, 0.15) is 5.82 Å². The highest BCUT2D eigenvalue weighted by Gasteiger charge is 2.23. The Bertz CT molecular complexity index is 1250. The Morgan fingerprint density at radius 1 is 0.943 bits per heavy atom. The van der Waals surface area contributed by atoms with E-state index in [2.05, 4.69) is 10.2 Å². The molecule has 0 unspecified atom stereocenters. The summed E-state index contributed by atoms with van der Waals surface area (Å²) < 4.78 is 15.5. The van der Waals surface area contributed by atoms with Crippen molar-refractivity contribution in [3.8, 4) is 5.69 Å². The minimum atomic E-state index is -0.312. The Labute approximate surface area is 209 Å². The van der Waals surface area contributed by atoms with Gasteiger partial charge in [0, 0.05) is 11.4 Å². The maximum Gasteiger partial charge on any atom is 0.237 e. The van der Waals surface area contributed by atoms with Gasteiger partial charge in [0.05, 0.1) is 18.3 Å². The normalized spacial score (nSPS) is 12.0. The number of nitrogens with zero attached hydrogens (tertiary/aromatic N) is 5. The topological polar surface area (TPSA) is 54.3 Å². The number of rotatable bonds is 9. The lowest BCUT2D eigenvalue weighted by Crippen LogP contribution is -2.32. The number of para-hydroxylation sites is 1. The van der Waals surface area contributed by atoms with Crippen molar-refractivity contribution in [2.24, 2.45) is 0 Å². The van der Waals surface area contributed by atoms with E-state index >= 15 is 0 Å². The van der Waals surface area contributed by atoms with E-state index in [0.29, 0.717) is 11.7 Å². The summed E-state index contributed by atoms with van der Waals surface area (Å²) in [7, 11) is 3.93. The van der Waals surface area contributed by atoms with Crippen molar-refractivity contribution in [3.05, 3.63) is 102 Å². The summed E-state index contributed by atoms with van der Waals surface area (Å²) in [5.74, 6) is 0.548. The number of thioether (sulfide) groups is 1. The third kappa shape index (κ3) is 5.96. The third-order valence-electron chi connectivity index (χ3n) is 5.77. The van der Waals surface area contributed by atoms with E-state index in [1.54, 1.807) is 17.0 Å². The van der Waals surface area contributed by atoms with Crippen LogP contribution in [0.25, 0.3) is 5.69 Å². The van der Waals surface area contributed by atoms with Crippen LogP contribution in [-0.2, 0) is 11.3 Å². The van der Waals surface area contributed by atoms with Gasteiger partial charge < -0.3 is 4.90 Å². The van der Waals surface area contributed by atoms with Crippen LogP contribution in [0.2, 0.25) is 0 Å². The molecule has 0 fully saturated rings. The highest BCUT2D eigenvalue weighted by atomic mass is 32.2. The van der Waals surface area contributed by atoms with E-state index in [4.69, 9.17) is 0 Å². The van der Waals surface area contributed by atoms with Crippen molar-refractivity contribution in [1.82, 2.24) is 19.7 Å². The number of hydrogen-bond acceptors (Lipinski definition) is 5. The molecule has 0 bridgehead atoms. The molecule has 3 aromatic carbocycles. The van der Waals surface area contributed by atoms with Gasteiger partial charge >= 0.3 is 0 Å².